The molecule has 0 aromatic carbocycles. The summed E-state index contributed by atoms with van der Waals surface area (Å²) in [6.07, 6.45) is 29.7. The lowest BCUT2D eigenvalue weighted by atomic mass is 10.1. The number of hydrogen-bond donors (Lipinski definition) is 3. The number of allylic oxidation sites excluding steroid dienone is 4. The Morgan fingerprint density at radius 3 is 1.80 bits per heavy atom. The smallest absolute Gasteiger partial charge is 0.463 e. The van der Waals surface area contributed by atoms with Crippen molar-refractivity contribution >= 4 is 19.7 Å². The number of esters is 1. The van der Waals surface area contributed by atoms with Gasteiger partial charge in [0.1, 0.15) is 12.7 Å². The molecule has 2 atom stereocenters. The minimum atomic E-state index is -4.40. The zero-order chi connectivity index (χ0) is 32.6. The van der Waals surface area contributed by atoms with Crippen LogP contribution in [0.5, 0.6) is 0 Å². The first kappa shape index (κ1) is 42.5. The van der Waals surface area contributed by atoms with Gasteiger partial charge in [0.2, 0.25) is 5.91 Å². The van der Waals surface area contributed by atoms with Crippen molar-refractivity contribution in [1.82, 2.24) is 5.32 Å². The van der Waals surface area contributed by atoms with Crippen LogP contribution in [0.25, 0.3) is 0 Å². The molecule has 0 saturated heterocycles. The van der Waals surface area contributed by atoms with E-state index < -0.39 is 26.5 Å². The van der Waals surface area contributed by atoms with E-state index in [0.717, 1.165) is 77.0 Å². The second-order valence-electron chi connectivity index (χ2n) is 11.5. The van der Waals surface area contributed by atoms with Crippen LogP contribution in [-0.4, -0.2) is 54.3 Å². The average Bonchev–Trinajstić information content (AvgIpc) is 3.00. The third kappa shape index (κ3) is 31.9. The first-order valence-corrected chi connectivity index (χ1v) is 18.8. The van der Waals surface area contributed by atoms with Gasteiger partial charge in [-0.05, 0) is 57.8 Å². The number of aliphatic hydroxyl groups is 1. The zero-order valence-corrected chi connectivity index (χ0v) is 28.7. The van der Waals surface area contributed by atoms with Crippen molar-refractivity contribution in [1.29, 1.82) is 0 Å². The van der Waals surface area contributed by atoms with Crippen molar-refractivity contribution in [3.05, 3.63) is 24.3 Å². The van der Waals surface area contributed by atoms with Gasteiger partial charge in [0.15, 0.2) is 0 Å². The molecule has 3 N–H and O–H groups in total. The van der Waals surface area contributed by atoms with E-state index in [9.17, 15) is 24.2 Å². The molecule has 0 bridgehead atoms. The number of phosphoric acid groups is 1. The first-order valence-electron chi connectivity index (χ1n) is 17.3. The predicted molar refractivity (Wildman–Crippen MR) is 178 cm³/mol. The van der Waals surface area contributed by atoms with E-state index in [1.54, 1.807) is 0 Å². The van der Waals surface area contributed by atoms with E-state index in [1.807, 2.05) is 0 Å². The highest BCUT2D eigenvalue weighted by Gasteiger charge is 2.23. The van der Waals surface area contributed by atoms with Crippen molar-refractivity contribution in [2.75, 3.05) is 26.4 Å². The molecule has 0 saturated carbocycles. The second-order valence-corrected chi connectivity index (χ2v) is 12.9. The van der Waals surface area contributed by atoms with Crippen LogP contribution in [0.1, 0.15) is 149 Å². The Bertz CT molecular complexity index is 789. The number of phosphoric ester groups is 1. The number of ether oxygens (including phenoxy) is 1. The Morgan fingerprint density at radius 1 is 0.682 bits per heavy atom. The van der Waals surface area contributed by atoms with Crippen molar-refractivity contribution in [3.63, 3.8) is 0 Å². The molecule has 0 aliphatic rings. The number of carbonyl (C=O) groups is 2. The number of unbranched alkanes of at least 4 members (excludes halogenated alkanes) is 15. The summed E-state index contributed by atoms with van der Waals surface area (Å²) in [4.78, 5) is 33.6. The highest BCUT2D eigenvalue weighted by Crippen LogP contribution is 2.42. The molecule has 0 aromatic rings. The molecule has 0 spiro atoms. The van der Waals surface area contributed by atoms with Crippen LogP contribution in [0.3, 0.4) is 0 Å². The molecule has 1 amide bonds. The van der Waals surface area contributed by atoms with Crippen LogP contribution in [-0.2, 0) is 27.9 Å². The quantitative estimate of drug-likeness (QED) is 0.0287. The summed E-state index contributed by atoms with van der Waals surface area (Å²) in [6, 6.07) is 0. The van der Waals surface area contributed by atoms with Gasteiger partial charge in [-0.3, -0.25) is 18.6 Å². The zero-order valence-electron chi connectivity index (χ0n) is 27.9. The third-order valence-electron chi connectivity index (χ3n) is 7.08. The van der Waals surface area contributed by atoms with Crippen molar-refractivity contribution in [2.24, 2.45) is 0 Å². The Labute approximate surface area is 268 Å². The number of aliphatic hydroxyl groups excluding tert-OH is 1. The molecular weight excluding hydrogens is 581 g/mol. The van der Waals surface area contributed by atoms with Gasteiger partial charge in [0, 0.05) is 19.4 Å². The van der Waals surface area contributed by atoms with Gasteiger partial charge in [-0.1, -0.05) is 102 Å². The van der Waals surface area contributed by atoms with E-state index >= 15 is 0 Å². The Hall–Kier alpha value is -1.51. The van der Waals surface area contributed by atoms with Gasteiger partial charge in [-0.15, -0.1) is 0 Å². The fraction of sp³-hybridized carbons (Fsp3) is 0.824. The first-order chi connectivity index (χ1) is 21.3. The molecule has 44 heavy (non-hydrogen) atoms. The summed E-state index contributed by atoms with van der Waals surface area (Å²) in [6.45, 7) is 3.43. The molecule has 0 radical (unpaired) electrons. The maximum absolute atomic E-state index is 12.0. The largest absolute Gasteiger partial charge is 0.472 e. The highest BCUT2D eigenvalue weighted by molar-refractivity contribution is 7.47. The van der Waals surface area contributed by atoms with Gasteiger partial charge >= 0.3 is 13.8 Å². The molecule has 0 rings (SSSR count). The molecule has 10 heteroatoms. The number of hydrogen-bond acceptors (Lipinski definition) is 7. The molecule has 0 aliphatic carbocycles. The van der Waals surface area contributed by atoms with Crippen LogP contribution >= 0.6 is 7.82 Å². The Kier molecular flexibility index (Phi) is 30.4. The van der Waals surface area contributed by atoms with Crippen molar-refractivity contribution in [2.45, 2.75) is 155 Å². The second kappa shape index (κ2) is 31.5. The lowest BCUT2D eigenvalue weighted by molar-refractivity contribution is -0.147. The summed E-state index contributed by atoms with van der Waals surface area (Å²) in [5.74, 6) is -0.539. The summed E-state index contributed by atoms with van der Waals surface area (Å²) in [7, 11) is -4.40. The fourth-order valence-corrected chi connectivity index (χ4v) is 5.19. The van der Waals surface area contributed by atoms with Gasteiger partial charge in [0.25, 0.3) is 0 Å². The molecule has 2 unspecified atom stereocenters. The minimum absolute atomic E-state index is 0.0766. The monoisotopic (exact) mass is 645 g/mol. The van der Waals surface area contributed by atoms with E-state index in [2.05, 4.69) is 43.5 Å². The van der Waals surface area contributed by atoms with Gasteiger partial charge in [0.05, 0.1) is 13.2 Å². The number of rotatable bonds is 32. The number of carbonyl (C=O) groups excluding carboxylic acids is 2. The molecule has 0 fully saturated rings. The van der Waals surface area contributed by atoms with Gasteiger partial charge in [-0.25, -0.2) is 4.57 Å². The Balaban J connectivity index is 3.67. The van der Waals surface area contributed by atoms with Gasteiger partial charge < -0.3 is 20.1 Å². The third-order valence-corrected chi connectivity index (χ3v) is 8.07. The summed E-state index contributed by atoms with van der Waals surface area (Å²) >= 11 is 0. The van der Waals surface area contributed by atoms with Crippen molar-refractivity contribution < 1.29 is 37.9 Å². The standard InChI is InChI=1S/C34H64NO8P/c1-3-5-7-9-11-13-15-16-17-19-21-23-25-27-34(38)41-30-32(36)31-43-44(39,40)42-29-28-35-33(37)26-24-22-20-18-14-12-10-8-6-4-2/h8,10,13,15,32,36H,3-7,9,11-12,14,16-31H2,1-2H3,(H,35,37)(H,39,40)/b10-8-,15-13-. The van der Waals surface area contributed by atoms with Crippen LogP contribution in [0.15, 0.2) is 24.3 Å². The van der Waals surface area contributed by atoms with E-state index in [0.29, 0.717) is 6.42 Å². The van der Waals surface area contributed by atoms with Crippen LogP contribution in [0.4, 0.5) is 0 Å². The van der Waals surface area contributed by atoms with Crippen LogP contribution < -0.4 is 5.32 Å². The van der Waals surface area contributed by atoms with Crippen molar-refractivity contribution in [3.8, 4) is 0 Å². The number of amides is 1. The Morgan fingerprint density at radius 2 is 1.20 bits per heavy atom. The summed E-state index contributed by atoms with van der Waals surface area (Å²) in [5, 5.41) is 12.6. The fourth-order valence-electron chi connectivity index (χ4n) is 4.43. The normalized spacial score (nSPS) is 13.8. The molecule has 0 aromatic heterocycles. The molecule has 258 valence electrons. The van der Waals surface area contributed by atoms with Gasteiger partial charge in [-0.2, -0.15) is 0 Å². The molecule has 0 heterocycles. The lowest BCUT2D eigenvalue weighted by Crippen LogP contribution is -2.27. The molecular formula is C34H64NO8P. The number of nitrogens with one attached hydrogen (secondary N) is 1. The summed E-state index contributed by atoms with van der Waals surface area (Å²) < 4.78 is 26.6. The maximum atomic E-state index is 12.0. The maximum Gasteiger partial charge on any atom is 0.472 e. The molecule has 0 aliphatic heterocycles. The SMILES string of the molecule is CCC/C=C\CCCCCCCC(=O)NCCOP(=O)(O)OCC(O)COC(=O)CCCCCCC/C=C\CCCCCC. The molecule has 9 nitrogen and oxygen atoms in total. The van der Waals surface area contributed by atoms with E-state index in [1.165, 1.54) is 44.9 Å². The summed E-state index contributed by atoms with van der Waals surface area (Å²) in [5.41, 5.74) is 0. The van der Waals surface area contributed by atoms with Crippen LogP contribution in [0.2, 0.25) is 0 Å². The topological polar surface area (TPSA) is 131 Å². The predicted octanol–water partition coefficient (Wildman–Crippen LogP) is 8.48. The average molecular weight is 646 g/mol. The van der Waals surface area contributed by atoms with E-state index in [4.69, 9.17) is 13.8 Å². The van der Waals surface area contributed by atoms with E-state index in [-0.39, 0.29) is 32.1 Å². The van der Waals surface area contributed by atoms with Crippen LogP contribution in [0, 0.1) is 0 Å². The lowest BCUT2D eigenvalue weighted by Gasteiger charge is -2.15. The highest BCUT2D eigenvalue weighted by atomic mass is 31.2. The minimum Gasteiger partial charge on any atom is -0.463 e.